The van der Waals surface area contributed by atoms with E-state index in [0.717, 1.165) is 3.57 Å². The van der Waals surface area contributed by atoms with Gasteiger partial charge in [-0.3, -0.25) is 4.79 Å². The molecule has 0 aliphatic rings. The Morgan fingerprint density at radius 2 is 1.83 bits per heavy atom. The van der Waals surface area contributed by atoms with E-state index in [0.29, 0.717) is 11.3 Å². The Kier molecular flexibility index (Phi) is 4.19. The lowest BCUT2D eigenvalue weighted by molar-refractivity contribution is 0.102. The summed E-state index contributed by atoms with van der Waals surface area (Å²) in [5.74, 6) is -0.842. The summed E-state index contributed by atoms with van der Waals surface area (Å²) in [6.07, 6.45) is 0. The van der Waals surface area contributed by atoms with Crippen LogP contribution in [0.2, 0.25) is 5.02 Å². The molecule has 0 fully saturated rings. The molecule has 1 amide bonds. The molecule has 2 aromatic carbocycles. The molecule has 0 spiro atoms. The fraction of sp³-hybridized carbons (Fsp3) is 0. The van der Waals surface area contributed by atoms with E-state index in [9.17, 15) is 9.18 Å². The van der Waals surface area contributed by atoms with E-state index in [1.54, 1.807) is 18.2 Å². The number of benzene rings is 2. The molecule has 2 rings (SSSR count). The summed E-state index contributed by atoms with van der Waals surface area (Å²) in [6, 6.07) is 11.2. The van der Waals surface area contributed by atoms with Gasteiger partial charge in [-0.15, -0.1) is 0 Å². The second-order valence-corrected chi connectivity index (χ2v) is 5.24. The smallest absolute Gasteiger partial charge is 0.255 e. The second-order valence-electron chi connectivity index (χ2n) is 3.59. The van der Waals surface area contributed by atoms with Crippen molar-refractivity contribution in [2.45, 2.75) is 0 Å². The van der Waals surface area contributed by atoms with Crippen molar-refractivity contribution in [3.63, 3.8) is 0 Å². The molecule has 0 heterocycles. The molecule has 1 N–H and O–H groups in total. The molecular formula is C13H8ClFINO. The first kappa shape index (κ1) is 13.3. The lowest BCUT2D eigenvalue weighted by atomic mass is 10.2. The molecule has 0 aliphatic heterocycles. The van der Waals surface area contributed by atoms with Gasteiger partial charge in [0, 0.05) is 14.8 Å². The zero-order valence-electron chi connectivity index (χ0n) is 9.08. The van der Waals surface area contributed by atoms with E-state index in [-0.39, 0.29) is 10.9 Å². The van der Waals surface area contributed by atoms with Crippen LogP contribution in [0, 0.1) is 9.39 Å². The van der Waals surface area contributed by atoms with Crippen LogP contribution in [0.25, 0.3) is 0 Å². The van der Waals surface area contributed by atoms with Gasteiger partial charge in [0.05, 0.1) is 5.02 Å². The summed E-state index contributed by atoms with van der Waals surface area (Å²) < 4.78 is 14.2. The number of carbonyl (C=O) groups excluding carboxylic acids is 1. The second kappa shape index (κ2) is 5.67. The van der Waals surface area contributed by atoms with Crippen molar-refractivity contribution in [2.24, 2.45) is 0 Å². The van der Waals surface area contributed by atoms with Crippen LogP contribution in [0.5, 0.6) is 0 Å². The largest absolute Gasteiger partial charge is 0.322 e. The van der Waals surface area contributed by atoms with Crippen LogP contribution >= 0.6 is 34.2 Å². The van der Waals surface area contributed by atoms with Crippen LogP contribution in [-0.4, -0.2) is 5.91 Å². The van der Waals surface area contributed by atoms with Gasteiger partial charge in [0.2, 0.25) is 0 Å². The maximum Gasteiger partial charge on any atom is 0.255 e. The molecule has 5 heteroatoms. The quantitative estimate of drug-likeness (QED) is 0.778. The molecule has 0 atom stereocenters. The predicted octanol–water partition coefficient (Wildman–Crippen LogP) is 4.34. The fourth-order valence-corrected chi connectivity index (χ4v) is 1.86. The first-order valence-electron chi connectivity index (χ1n) is 5.08. The minimum atomic E-state index is -0.558. The number of halogens is 3. The van der Waals surface area contributed by atoms with Crippen molar-refractivity contribution in [2.75, 3.05) is 5.32 Å². The van der Waals surface area contributed by atoms with Crippen molar-refractivity contribution >= 4 is 45.8 Å². The van der Waals surface area contributed by atoms with E-state index in [2.05, 4.69) is 27.9 Å². The molecule has 0 bridgehead atoms. The Bertz CT molecular complexity index is 586. The number of anilines is 1. The summed E-state index contributed by atoms with van der Waals surface area (Å²) in [5.41, 5.74) is 0.895. The highest BCUT2D eigenvalue weighted by Crippen LogP contribution is 2.19. The maximum absolute atomic E-state index is 13.2. The van der Waals surface area contributed by atoms with E-state index >= 15 is 0 Å². The molecule has 18 heavy (non-hydrogen) atoms. The number of amides is 1. The van der Waals surface area contributed by atoms with Crippen LogP contribution in [0.15, 0.2) is 42.5 Å². The van der Waals surface area contributed by atoms with Crippen molar-refractivity contribution in [3.05, 3.63) is 62.4 Å². The SMILES string of the molecule is O=C(Nc1ccc(Cl)c(F)c1)c1ccc(I)cc1. The highest BCUT2D eigenvalue weighted by molar-refractivity contribution is 14.1. The Hall–Kier alpha value is -1.14. The fourth-order valence-electron chi connectivity index (χ4n) is 1.38. The van der Waals surface area contributed by atoms with Crippen LogP contribution in [0.3, 0.4) is 0 Å². The molecule has 92 valence electrons. The zero-order chi connectivity index (χ0) is 13.1. The Morgan fingerprint density at radius 3 is 2.44 bits per heavy atom. The van der Waals surface area contributed by atoms with Gasteiger partial charge in [0.15, 0.2) is 0 Å². The molecular weight excluding hydrogens is 368 g/mol. The van der Waals surface area contributed by atoms with Crippen molar-refractivity contribution in [3.8, 4) is 0 Å². The summed E-state index contributed by atoms with van der Waals surface area (Å²) in [7, 11) is 0. The predicted molar refractivity (Wildman–Crippen MR) is 78.5 cm³/mol. The third-order valence-electron chi connectivity index (χ3n) is 2.28. The van der Waals surface area contributed by atoms with Gasteiger partial charge in [-0.1, -0.05) is 11.6 Å². The first-order chi connectivity index (χ1) is 8.56. The topological polar surface area (TPSA) is 29.1 Å². The molecule has 0 saturated carbocycles. The lowest BCUT2D eigenvalue weighted by Gasteiger charge is -2.06. The normalized spacial score (nSPS) is 10.2. The Morgan fingerprint density at radius 1 is 1.17 bits per heavy atom. The van der Waals surface area contributed by atoms with Gasteiger partial charge < -0.3 is 5.32 Å². The Balaban J connectivity index is 2.16. The van der Waals surface area contributed by atoms with Gasteiger partial charge in [-0.25, -0.2) is 4.39 Å². The highest BCUT2D eigenvalue weighted by atomic mass is 127. The monoisotopic (exact) mass is 375 g/mol. The highest BCUT2D eigenvalue weighted by Gasteiger charge is 2.07. The van der Waals surface area contributed by atoms with E-state index in [1.807, 2.05) is 12.1 Å². The van der Waals surface area contributed by atoms with Crippen LogP contribution < -0.4 is 5.32 Å². The molecule has 2 aromatic rings. The first-order valence-corrected chi connectivity index (χ1v) is 6.54. The van der Waals surface area contributed by atoms with Gasteiger partial charge in [-0.2, -0.15) is 0 Å². The summed E-state index contributed by atoms with van der Waals surface area (Å²) in [6.45, 7) is 0. The minimum Gasteiger partial charge on any atom is -0.322 e. The number of carbonyl (C=O) groups is 1. The van der Waals surface area contributed by atoms with E-state index in [4.69, 9.17) is 11.6 Å². The van der Waals surface area contributed by atoms with Crippen molar-refractivity contribution < 1.29 is 9.18 Å². The third-order valence-corrected chi connectivity index (χ3v) is 3.31. The van der Waals surface area contributed by atoms with Crippen LogP contribution in [-0.2, 0) is 0 Å². The molecule has 0 aromatic heterocycles. The molecule has 0 unspecified atom stereocenters. The van der Waals surface area contributed by atoms with Crippen molar-refractivity contribution in [1.82, 2.24) is 0 Å². The summed E-state index contributed by atoms with van der Waals surface area (Å²) in [5, 5.41) is 2.64. The van der Waals surface area contributed by atoms with E-state index in [1.165, 1.54) is 12.1 Å². The maximum atomic E-state index is 13.2. The standard InChI is InChI=1S/C13H8ClFINO/c14-11-6-5-10(7-12(11)15)17-13(18)8-1-3-9(16)4-2-8/h1-7H,(H,17,18). The van der Waals surface area contributed by atoms with Crippen molar-refractivity contribution in [1.29, 1.82) is 0 Å². The van der Waals surface area contributed by atoms with Gasteiger partial charge in [0.1, 0.15) is 5.82 Å². The van der Waals surface area contributed by atoms with Gasteiger partial charge >= 0.3 is 0 Å². The number of hydrogen-bond donors (Lipinski definition) is 1. The molecule has 0 saturated heterocycles. The third kappa shape index (κ3) is 3.20. The number of rotatable bonds is 2. The lowest BCUT2D eigenvalue weighted by Crippen LogP contribution is -2.11. The summed E-state index contributed by atoms with van der Waals surface area (Å²) >= 11 is 7.72. The van der Waals surface area contributed by atoms with Crippen LogP contribution in [0.4, 0.5) is 10.1 Å². The van der Waals surface area contributed by atoms with Gasteiger partial charge in [0.25, 0.3) is 5.91 Å². The molecule has 2 nitrogen and oxygen atoms in total. The molecule has 0 aliphatic carbocycles. The average molecular weight is 376 g/mol. The number of hydrogen-bond acceptors (Lipinski definition) is 1. The minimum absolute atomic E-state index is 0.0299. The zero-order valence-corrected chi connectivity index (χ0v) is 12.0. The Labute approximate surface area is 122 Å². The molecule has 0 radical (unpaired) electrons. The van der Waals surface area contributed by atoms with Crippen LogP contribution in [0.1, 0.15) is 10.4 Å². The van der Waals surface area contributed by atoms with E-state index < -0.39 is 5.82 Å². The number of nitrogens with one attached hydrogen (secondary N) is 1. The average Bonchev–Trinajstić information content (AvgIpc) is 2.34. The van der Waals surface area contributed by atoms with Gasteiger partial charge in [-0.05, 0) is 65.1 Å². The summed E-state index contributed by atoms with van der Waals surface area (Å²) in [4.78, 5) is 11.9.